The minimum absolute atomic E-state index is 0.115. The van der Waals surface area contributed by atoms with Crippen LogP contribution in [0.1, 0.15) is 70.6 Å². The van der Waals surface area contributed by atoms with E-state index in [1.807, 2.05) is 6.08 Å². The maximum absolute atomic E-state index is 11.7. The third-order valence-corrected chi connectivity index (χ3v) is 4.20. The third-order valence-electron chi connectivity index (χ3n) is 4.20. The molecule has 0 aromatic carbocycles. The van der Waals surface area contributed by atoms with Crippen molar-refractivity contribution in [3.8, 4) is 0 Å². The molecule has 1 amide bonds. The molecule has 0 aliphatic carbocycles. The van der Waals surface area contributed by atoms with Crippen molar-refractivity contribution in [2.24, 2.45) is 0 Å². The van der Waals surface area contributed by atoms with E-state index in [1.54, 1.807) is 19.0 Å². The average molecular weight is 341 g/mol. The van der Waals surface area contributed by atoms with Gasteiger partial charge in [0.15, 0.2) is 0 Å². The molecule has 0 aliphatic heterocycles. The highest BCUT2D eigenvalue weighted by molar-refractivity contribution is 5.75. The number of nitrogens with zero attached hydrogens (tertiary/aromatic N) is 1. The number of aliphatic carboxylic acids is 1. The maximum Gasteiger partial charge on any atom is 0.320 e. The van der Waals surface area contributed by atoms with E-state index in [0.717, 1.165) is 32.1 Å². The summed E-state index contributed by atoms with van der Waals surface area (Å²) in [5.41, 5.74) is 0. The second-order valence-corrected chi connectivity index (χ2v) is 6.61. The Hall–Kier alpha value is -1.36. The Kier molecular flexibility index (Phi) is 14.3. The van der Waals surface area contributed by atoms with Crippen LogP contribution in [0.2, 0.25) is 0 Å². The Morgan fingerprint density at radius 2 is 1.67 bits per heavy atom. The number of allylic oxidation sites excluding steroid dienone is 1. The molecule has 5 nitrogen and oxygen atoms in total. The van der Waals surface area contributed by atoms with Crippen LogP contribution >= 0.6 is 0 Å². The summed E-state index contributed by atoms with van der Waals surface area (Å²) in [4.78, 5) is 24.5. The molecule has 0 heterocycles. The average Bonchev–Trinajstić information content (AvgIpc) is 2.52. The van der Waals surface area contributed by atoms with E-state index in [0.29, 0.717) is 19.4 Å². The van der Waals surface area contributed by atoms with Crippen LogP contribution in [0.5, 0.6) is 0 Å². The molecule has 24 heavy (non-hydrogen) atoms. The number of amides is 1. The second-order valence-electron chi connectivity index (χ2n) is 6.61. The summed E-state index contributed by atoms with van der Waals surface area (Å²) in [5, 5.41) is 12.0. The molecule has 0 bridgehead atoms. The van der Waals surface area contributed by atoms with E-state index < -0.39 is 12.0 Å². The summed E-state index contributed by atoms with van der Waals surface area (Å²) in [6.07, 6.45) is 12.9. The van der Waals surface area contributed by atoms with E-state index in [1.165, 1.54) is 25.7 Å². The summed E-state index contributed by atoms with van der Waals surface area (Å²) < 4.78 is 0. The van der Waals surface area contributed by atoms with Crippen LogP contribution in [0.3, 0.4) is 0 Å². The van der Waals surface area contributed by atoms with Gasteiger partial charge in [0.05, 0.1) is 0 Å². The number of rotatable bonds is 16. The first-order chi connectivity index (χ1) is 11.5. The van der Waals surface area contributed by atoms with Gasteiger partial charge in [0.1, 0.15) is 6.04 Å². The molecule has 0 fully saturated rings. The topological polar surface area (TPSA) is 69.6 Å². The van der Waals surface area contributed by atoms with Crippen molar-refractivity contribution >= 4 is 11.9 Å². The van der Waals surface area contributed by atoms with Gasteiger partial charge in [-0.25, -0.2) is 0 Å². The van der Waals surface area contributed by atoms with Crippen molar-refractivity contribution in [3.05, 3.63) is 12.7 Å². The van der Waals surface area contributed by atoms with Crippen LogP contribution in [-0.4, -0.2) is 48.6 Å². The fourth-order valence-electron chi connectivity index (χ4n) is 2.66. The third kappa shape index (κ3) is 13.1. The van der Waals surface area contributed by atoms with Crippen LogP contribution in [0, 0.1) is 0 Å². The Morgan fingerprint density at radius 1 is 1.04 bits per heavy atom. The molecule has 5 heteroatoms. The molecule has 0 unspecified atom stereocenters. The minimum Gasteiger partial charge on any atom is -0.480 e. The van der Waals surface area contributed by atoms with Crippen molar-refractivity contribution in [1.29, 1.82) is 0 Å². The standard InChI is InChI=1S/C19H36N2O3/c1-4-5-6-7-8-9-10-11-15-18(22)20-16-13-12-14-17(19(23)24)21(2)3/h4,17H,1,5-16H2,2-3H3,(H,20,22)(H,23,24)/t17-/m0/s1. The highest BCUT2D eigenvalue weighted by Gasteiger charge is 2.18. The monoisotopic (exact) mass is 340 g/mol. The van der Waals surface area contributed by atoms with Gasteiger partial charge in [0.25, 0.3) is 0 Å². The molecule has 0 saturated carbocycles. The van der Waals surface area contributed by atoms with Gasteiger partial charge in [0.2, 0.25) is 5.91 Å². The largest absolute Gasteiger partial charge is 0.480 e. The molecule has 2 N–H and O–H groups in total. The van der Waals surface area contributed by atoms with E-state index in [2.05, 4.69) is 11.9 Å². The molecule has 0 aliphatic rings. The Morgan fingerprint density at radius 3 is 2.25 bits per heavy atom. The predicted molar refractivity (Wildman–Crippen MR) is 99.1 cm³/mol. The van der Waals surface area contributed by atoms with Gasteiger partial charge in [0, 0.05) is 13.0 Å². The molecule has 0 spiro atoms. The molecule has 0 aromatic heterocycles. The number of nitrogens with one attached hydrogen (secondary N) is 1. The molecular formula is C19H36N2O3. The Balaban J connectivity index is 3.47. The highest BCUT2D eigenvalue weighted by atomic mass is 16.4. The second kappa shape index (κ2) is 15.2. The number of hydrogen-bond donors (Lipinski definition) is 2. The van der Waals surface area contributed by atoms with Gasteiger partial charge >= 0.3 is 5.97 Å². The lowest BCUT2D eigenvalue weighted by Crippen LogP contribution is -2.35. The summed E-state index contributed by atoms with van der Waals surface area (Å²) in [5.74, 6) is -0.669. The zero-order valence-corrected chi connectivity index (χ0v) is 15.6. The maximum atomic E-state index is 11.7. The lowest BCUT2D eigenvalue weighted by molar-refractivity contribution is -0.142. The molecule has 0 aromatic rings. The highest BCUT2D eigenvalue weighted by Crippen LogP contribution is 2.09. The van der Waals surface area contributed by atoms with Gasteiger partial charge < -0.3 is 10.4 Å². The van der Waals surface area contributed by atoms with Gasteiger partial charge in [-0.1, -0.05) is 31.8 Å². The predicted octanol–water partition coefficient (Wildman–Crippen LogP) is 3.59. The number of unbranched alkanes of at least 4 members (excludes halogenated alkanes) is 7. The first kappa shape index (κ1) is 22.6. The van der Waals surface area contributed by atoms with E-state index in [9.17, 15) is 9.59 Å². The van der Waals surface area contributed by atoms with Gasteiger partial charge in [-0.05, 0) is 52.6 Å². The number of carboxylic acid groups (broad SMARTS) is 1. The van der Waals surface area contributed by atoms with Crippen molar-refractivity contribution in [2.75, 3.05) is 20.6 Å². The van der Waals surface area contributed by atoms with Crippen molar-refractivity contribution in [3.63, 3.8) is 0 Å². The summed E-state index contributed by atoms with van der Waals surface area (Å²) in [6.45, 7) is 4.35. The molecular weight excluding hydrogens is 304 g/mol. The van der Waals surface area contributed by atoms with Crippen LogP contribution in [0.25, 0.3) is 0 Å². The zero-order chi connectivity index (χ0) is 18.2. The summed E-state index contributed by atoms with van der Waals surface area (Å²) in [6, 6.07) is -0.438. The smallest absolute Gasteiger partial charge is 0.320 e. The summed E-state index contributed by atoms with van der Waals surface area (Å²) in [7, 11) is 3.56. The Labute approximate surface area is 147 Å². The number of carboxylic acids is 1. The number of carbonyl (C=O) groups is 2. The fourth-order valence-corrected chi connectivity index (χ4v) is 2.66. The van der Waals surface area contributed by atoms with Crippen LogP contribution in [0.15, 0.2) is 12.7 Å². The van der Waals surface area contributed by atoms with Gasteiger partial charge in [-0.2, -0.15) is 0 Å². The van der Waals surface area contributed by atoms with E-state index in [4.69, 9.17) is 5.11 Å². The normalized spacial score (nSPS) is 12.1. The fraction of sp³-hybridized carbons (Fsp3) is 0.789. The van der Waals surface area contributed by atoms with E-state index >= 15 is 0 Å². The quantitative estimate of drug-likeness (QED) is 0.333. The molecule has 1 atom stereocenters. The lowest BCUT2D eigenvalue weighted by atomic mass is 10.1. The zero-order valence-electron chi connectivity index (χ0n) is 15.6. The van der Waals surface area contributed by atoms with Crippen molar-refractivity contribution in [1.82, 2.24) is 10.2 Å². The van der Waals surface area contributed by atoms with Gasteiger partial charge in [-0.15, -0.1) is 6.58 Å². The van der Waals surface area contributed by atoms with Crippen LogP contribution in [-0.2, 0) is 9.59 Å². The minimum atomic E-state index is -0.784. The van der Waals surface area contributed by atoms with Crippen molar-refractivity contribution in [2.45, 2.75) is 76.7 Å². The molecule has 0 rings (SSSR count). The number of hydrogen-bond acceptors (Lipinski definition) is 3. The molecule has 0 radical (unpaired) electrons. The Bertz CT molecular complexity index is 357. The first-order valence-electron chi connectivity index (χ1n) is 9.26. The molecule has 140 valence electrons. The van der Waals surface area contributed by atoms with Gasteiger partial charge in [-0.3, -0.25) is 14.5 Å². The number of carbonyl (C=O) groups excluding carboxylic acids is 1. The van der Waals surface area contributed by atoms with E-state index in [-0.39, 0.29) is 5.91 Å². The van der Waals surface area contributed by atoms with Crippen LogP contribution in [0.4, 0.5) is 0 Å². The van der Waals surface area contributed by atoms with Crippen LogP contribution < -0.4 is 5.32 Å². The SMILES string of the molecule is C=CCCCCCCCCC(=O)NCCCC[C@@H](C(=O)O)N(C)C. The number of likely N-dealkylation sites (N-methyl/N-ethyl adjacent to an activating group) is 1. The van der Waals surface area contributed by atoms with Crippen molar-refractivity contribution < 1.29 is 14.7 Å². The molecule has 0 saturated heterocycles. The lowest BCUT2D eigenvalue weighted by Gasteiger charge is -2.19. The summed E-state index contributed by atoms with van der Waals surface area (Å²) >= 11 is 0. The first-order valence-corrected chi connectivity index (χ1v) is 9.26.